The van der Waals surface area contributed by atoms with E-state index in [4.69, 9.17) is 4.42 Å². The van der Waals surface area contributed by atoms with Gasteiger partial charge in [0.1, 0.15) is 5.82 Å². The Morgan fingerprint density at radius 3 is 2.73 bits per heavy atom. The van der Waals surface area contributed by atoms with E-state index in [2.05, 4.69) is 25.7 Å². The third kappa shape index (κ3) is 3.47. The van der Waals surface area contributed by atoms with E-state index in [1.54, 1.807) is 16.8 Å². The molecule has 2 aromatic heterocycles. The largest absolute Gasteiger partial charge is 0.411 e. The molecule has 0 saturated carbocycles. The Hall–Kier alpha value is -3.07. The second-order valence-corrected chi connectivity index (χ2v) is 6.44. The van der Waals surface area contributed by atoms with Crippen molar-refractivity contribution in [3.8, 4) is 17.1 Å². The van der Waals surface area contributed by atoms with Gasteiger partial charge in [0.2, 0.25) is 5.89 Å². The van der Waals surface area contributed by atoms with E-state index < -0.39 is 0 Å². The Morgan fingerprint density at radius 2 is 1.92 bits per heavy atom. The van der Waals surface area contributed by atoms with Crippen LogP contribution in [0.3, 0.4) is 0 Å². The number of benzene rings is 2. The smallest absolute Gasteiger partial charge is 0.277 e. The first-order valence-corrected chi connectivity index (χ1v) is 8.74. The number of hydrogen-bond donors (Lipinski definition) is 0. The predicted octanol–water partition coefficient (Wildman–Crippen LogP) is 3.45. The minimum atomic E-state index is -0.354. The van der Waals surface area contributed by atoms with Gasteiger partial charge in [-0.15, -0.1) is 15.3 Å². The first kappa shape index (κ1) is 16.4. The van der Waals surface area contributed by atoms with Crippen LogP contribution in [-0.4, -0.2) is 30.4 Å². The summed E-state index contributed by atoms with van der Waals surface area (Å²) in [5.41, 5.74) is 2.57. The summed E-state index contributed by atoms with van der Waals surface area (Å²) in [7, 11) is 0. The van der Waals surface area contributed by atoms with Gasteiger partial charge in [-0.05, 0) is 47.7 Å². The van der Waals surface area contributed by atoms with Crippen LogP contribution in [0.5, 0.6) is 0 Å². The van der Waals surface area contributed by atoms with Gasteiger partial charge in [0, 0.05) is 5.56 Å². The lowest BCUT2D eigenvalue weighted by Gasteiger charge is -2.03. The summed E-state index contributed by atoms with van der Waals surface area (Å²) < 4.78 is 20.5. The molecule has 0 fully saturated rings. The third-order valence-corrected chi connectivity index (χ3v) is 4.43. The van der Waals surface area contributed by atoms with Gasteiger partial charge in [-0.1, -0.05) is 35.5 Å². The fourth-order valence-corrected chi connectivity index (χ4v) is 2.98. The number of thioether (sulfide) groups is 1. The molecule has 4 rings (SSSR count). The summed E-state index contributed by atoms with van der Waals surface area (Å²) in [4.78, 5) is 0. The maximum atomic E-state index is 13.3. The fraction of sp³-hybridized carbons (Fsp3) is 0.118. The molecule has 2 heterocycles. The lowest BCUT2D eigenvalue weighted by Crippen LogP contribution is -2.02. The van der Waals surface area contributed by atoms with Crippen molar-refractivity contribution >= 4 is 11.8 Å². The molecule has 2 aromatic carbocycles. The van der Waals surface area contributed by atoms with Gasteiger partial charge < -0.3 is 4.42 Å². The highest BCUT2D eigenvalue weighted by Crippen LogP contribution is 2.26. The number of aromatic nitrogens is 6. The molecule has 0 aliphatic carbocycles. The van der Waals surface area contributed by atoms with E-state index in [0.717, 1.165) is 11.3 Å². The summed E-state index contributed by atoms with van der Waals surface area (Å²) in [6, 6.07) is 13.9. The number of hydrogen-bond acceptors (Lipinski definition) is 7. The molecule has 4 aromatic rings. The molecule has 0 unspecified atom stereocenters. The Labute approximate surface area is 152 Å². The number of nitrogens with zero attached hydrogens (tertiary/aromatic N) is 6. The second-order valence-electron chi connectivity index (χ2n) is 5.51. The lowest BCUT2D eigenvalue weighted by atomic mass is 10.2. The van der Waals surface area contributed by atoms with Crippen molar-refractivity contribution in [2.24, 2.45) is 0 Å². The maximum Gasteiger partial charge on any atom is 0.277 e. The van der Waals surface area contributed by atoms with Crippen molar-refractivity contribution in [2.45, 2.75) is 17.9 Å². The van der Waals surface area contributed by atoms with Crippen LogP contribution in [-0.2, 0) is 5.75 Å². The van der Waals surface area contributed by atoms with E-state index in [0.29, 0.717) is 22.4 Å². The summed E-state index contributed by atoms with van der Waals surface area (Å²) in [5.74, 6) is 1.02. The third-order valence-electron chi connectivity index (χ3n) is 3.62. The molecule has 9 heteroatoms. The van der Waals surface area contributed by atoms with Gasteiger partial charge in [0.15, 0.2) is 5.82 Å². The zero-order chi connectivity index (χ0) is 17.9. The van der Waals surface area contributed by atoms with Crippen LogP contribution in [0.4, 0.5) is 4.39 Å². The van der Waals surface area contributed by atoms with Crippen molar-refractivity contribution in [2.75, 3.05) is 0 Å². The van der Waals surface area contributed by atoms with Gasteiger partial charge in [0.05, 0.1) is 11.4 Å². The maximum absolute atomic E-state index is 13.3. The van der Waals surface area contributed by atoms with Crippen LogP contribution in [0.1, 0.15) is 11.4 Å². The highest BCUT2D eigenvalue weighted by molar-refractivity contribution is 7.98. The molecule has 0 aliphatic heterocycles. The first-order valence-electron chi connectivity index (χ1n) is 7.75. The molecule has 26 heavy (non-hydrogen) atoms. The molecule has 0 aliphatic rings. The normalized spacial score (nSPS) is 11.0. The van der Waals surface area contributed by atoms with Crippen molar-refractivity contribution in [1.29, 1.82) is 0 Å². The van der Waals surface area contributed by atoms with Crippen molar-refractivity contribution in [3.63, 3.8) is 0 Å². The molecule has 0 spiro atoms. The molecule has 130 valence electrons. The standard InChI is InChI=1S/C17H13FN6OS/c1-11-5-7-14(8-6-11)24-15(19-22-23-24)10-26-17-21-20-16(25-17)12-3-2-4-13(18)9-12/h2-9H,10H2,1H3. The van der Waals surface area contributed by atoms with Crippen LogP contribution >= 0.6 is 11.8 Å². The van der Waals surface area contributed by atoms with Crippen LogP contribution in [0.2, 0.25) is 0 Å². The van der Waals surface area contributed by atoms with Crippen LogP contribution in [0.15, 0.2) is 58.2 Å². The quantitative estimate of drug-likeness (QED) is 0.499. The number of rotatable bonds is 5. The Kier molecular flexibility index (Phi) is 4.44. The van der Waals surface area contributed by atoms with Crippen LogP contribution < -0.4 is 0 Å². The van der Waals surface area contributed by atoms with E-state index in [-0.39, 0.29) is 11.7 Å². The Balaban J connectivity index is 1.49. The van der Waals surface area contributed by atoms with Gasteiger partial charge >= 0.3 is 0 Å². The number of tetrazole rings is 1. The Morgan fingerprint density at radius 1 is 1.08 bits per heavy atom. The summed E-state index contributed by atoms with van der Waals surface area (Å²) in [6.07, 6.45) is 0. The molecule has 7 nitrogen and oxygen atoms in total. The van der Waals surface area contributed by atoms with Gasteiger partial charge in [-0.25, -0.2) is 4.39 Å². The predicted molar refractivity (Wildman–Crippen MR) is 93.1 cm³/mol. The van der Waals surface area contributed by atoms with Gasteiger partial charge in [-0.2, -0.15) is 4.68 Å². The minimum absolute atomic E-state index is 0.269. The molecule has 0 N–H and O–H groups in total. The van der Waals surface area contributed by atoms with E-state index in [1.165, 1.54) is 23.9 Å². The average Bonchev–Trinajstić information content (AvgIpc) is 3.30. The SMILES string of the molecule is Cc1ccc(-n2nnnc2CSc2nnc(-c3cccc(F)c3)o2)cc1. The average molecular weight is 368 g/mol. The Bertz CT molecular complexity index is 1030. The second kappa shape index (κ2) is 7.04. The van der Waals surface area contributed by atoms with Crippen molar-refractivity contribution in [3.05, 3.63) is 65.7 Å². The topological polar surface area (TPSA) is 82.5 Å². The van der Waals surface area contributed by atoms with Crippen molar-refractivity contribution in [1.82, 2.24) is 30.4 Å². The summed E-state index contributed by atoms with van der Waals surface area (Å²) >= 11 is 1.31. The highest BCUT2D eigenvalue weighted by Gasteiger charge is 2.13. The van der Waals surface area contributed by atoms with E-state index in [9.17, 15) is 4.39 Å². The highest BCUT2D eigenvalue weighted by atomic mass is 32.2. The van der Waals surface area contributed by atoms with Crippen LogP contribution in [0, 0.1) is 12.7 Å². The molecule has 0 atom stereocenters. The van der Waals surface area contributed by atoms with Crippen LogP contribution in [0.25, 0.3) is 17.1 Å². The zero-order valence-corrected chi connectivity index (χ0v) is 14.5. The molecule has 0 amide bonds. The minimum Gasteiger partial charge on any atom is -0.411 e. The fourth-order valence-electron chi connectivity index (χ4n) is 2.31. The van der Waals surface area contributed by atoms with E-state index >= 15 is 0 Å². The lowest BCUT2D eigenvalue weighted by molar-refractivity contribution is 0.465. The zero-order valence-electron chi connectivity index (χ0n) is 13.7. The molecular weight excluding hydrogens is 355 g/mol. The number of aryl methyl sites for hydroxylation is 1. The van der Waals surface area contributed by atoms with Gasteiger partial charge in [-0.3, -0.25) is 0 Å². The molecule has 0 saturated heterocycles. The van der Waals surface area contributed by atoms with Crippen molar-refractivity contribution < 1.29 is 8.81 Å². The molecular formula is C17H13FN6OS. The molecule has 0 bridgehead atoms. The van der Waals surface area contributed by atoms with E-state index in [1.807, 2.05) is 31.2 Å². The number of halogens is 1. The summed E-state index contributed by atoms with van der Waals surface area (Å²) in [5, 5.41) is 20.1. The van der Waals surface area contributed by atoms with Gasteiger partial charge in [0.25, 0.3) is 5.22 Å². The molecule has 0 radical (unpaired) electrons. The monoisotopic (exact) mass is 368 g/mol. The summed E-state index contributed by atoms with van der Waals surface area (Å²) in [6.45, 7) is 2.02. The first-order chi connectivity index (χ1) is 12.7.